The van der Waals surface area contributed by atoms with Gasteiger partial charge in [-0.15, -0.1) is 0 Å². The fourth-order valence-corrected chi connectivity index (χ4v) is 2.58. The number of ether oxygens (including phenoxy) is 2. The van der Waals surface area contributed by atoms with Crippen molar-refractivity contribution in [3.05, 3.63) is 29.3 Å². The van der Waals surface area contributed by atoms with Crippen molar-refractivity contribution >= 4 is 5.91 Å². The largest absolute Gasteiger partial charge is 0.493 e. The molecule has 1 aliphatic heterocycles. The highest BCUT2D eigenvalue weighted by Crippen LogP contribution is 2.16. The fraction of sp³-hybridized carbons (Fsp3) is 0.588. The van der Waals surface area contributed by atoms with Crippen molar-refractivity contribution in [1.82, 2.24) is 10.2 Å². The zero-order valence-corrected chi connectivity index (χ0v) is 13.7. The summed E-state index contributed by atoms with van der Waals surface area (Å²) in [6.07, 6.45) is 0.443. The normalized spacial score (nSPS) is 19.0. The number of hydrogen-bond donors (Lipinski definition) is 1. The highest BCUT2D eigenvalue weighted by molar-refractivity contribution is 5.76. The molecule has 0 radical (unpaired) electrons. The molecule has 2 rings (SSSR count). The lowest BCUT2D eigenvalue weighted by Gasteiger charge is -2.30. The maximum absolute atomic E-state index is 11.8. The van der Waals surface area contributed by atoms with E-state index in [-0.39, 0.29) is 12.0 Å². The van der Waals surface area contributed by atoms with Crippen molar-refractivity contribution in [2.75, 3.05) is 39.9 Å². The Morgan fingerprint density at radius 3 is 2.77 bits per heavy atom. The Labute approximate surface area is 132 Å². The molecule has 0 aliphatic carbocycles. The lowest BCUT2D eigenvalue weighted by atomic mass is 10.1. The number of aryl methyl sites for hydroxylation is 2. The molecule has 1 aromatic rings. The van der Waals surface area contributed by atoms with Crippen molar-refractivity contribution in [3.8, 4) is 5.75 Å². The Morgan fingerprint density at radius 2 is 2.09 bits per heavy atom. The molecule has 1 amide bonds. The third kappa shape index (κ3) is 5.66. The van der Waals surface area contributed by atoms with Gasteiger partial charge in [-0.25, -0.2) is 0 Å². The molecule has 1 N–H and O–H groups in total. The van der Waals surface area contributed by atoms with Crippen molar-refractivity contribution in [2.45, 2.75) is 26.4 Å². The van der Waals surface area contributed by atoms with E-state index in [1.807, 2.05) is 26.0 Å². The van der Waals surface area contributed by atoms with E-state index in [9.17, 15) is 4.79 Å². The van der Waals surface area contributed by atoms with E-state index in [1.165, 1.54) is 0 Å². The fourth-order valence-electron chi connectivity index (χ4n) is 2.58. The summed E-state index contributed by atoms with van der Waals surface area (Å²) in [5.74, 6) is 0.823. The van der Waals surface area contributed by atoms with E-state index < -0.39 is 0 Å². The van der Waals surface area contributed by atoms with E-state index in [4.69, 9.17) is 9.47 Å². The van der Waals surface area contributed by atoms with Crippen LogP contribution in [0, 0.1) is 13.8 Å². The maximum atomic E-state index is 11.8. The minimum absolute atomic E-state index is 0.00111. The predicted octanol–water partition coefficient (Wildman–Crippen LogP) is 1.52. The number of nitrogens with zero attached hydrogens (tertiary/aromatic N) is 1. The Hall–Kier alpha value is -1.59. The van der Waals surface area contributed by atoms with Crippen LogP contribution in [0.5, 0.6) is 5.75 Å². The minimum atomic E-state index is 0.00111. The second-order valence-corrected chi connectivity index (χ2v) is 5.98. The molecule has 1 fully saturated rings. The van der Waals surface area contributed by atoms with Gasteiger partial charge in [0.25, 0.3) is 0 Å². The molecule has 5 nitrogen and oxygen atoms in total. The Balaban J connectivity index is 1.65. The predicted molar refractivity (Wildman–Crippen MR) is 86.3 cm³/mol. The molecule has 0 unspecified atom stereocenters. The number of carbonyl (C=O) groups is 1. The van der Waals surface area contributed by atoms with Gasteiger partial charge in [-0.2, -0.15) is 0 Å². The smallest absolute Gasteiger partial charge is 0.223 e. The lowest BCUT2D eigenvalue weighted by molar-refractivity contribution is -0.122. The summed E-state index contributed by atoms with van der Waals surface area (Å²) in [7, 11) is 2.06. The molecule has 22 heavy (non-hydrogen) atoms. The van der Waals surface area contributed by atoms with Crippen LogP contribution >= 0.6 is 0 Å². The average molecular weight is 306 g/mol. The van der Waals surface area contributed by atoms with Gasteiger partial charge >= 0.3 is 0 Å². The molecule has 1 heterocycles. The summed E-state index contributed by atoms with van der Waals surface area (Å²) >= 11 is 0. The summed E-state index contributed by atoms with van der Waals surface area (Å²) in [5, 5.41) is 2.91. The molecular formula is C17H26N2O3. The van der Waals surface area contributed by atoms with Crippen LogP contribution in [0.25, 0.3) is 0 Å². The van der Waals surface area contributed by atoms with Crippen LogP contribution in [0.1, 0.15) is 17.5 Å². The number of likely N-dealkylation sites (N-methyl/N-ethyl adjacent to an activating group) is 1. The Bertz CT molecular complexity index is 484. The molecule has 0 bridgehead atoms. The number of morpholine rings is 1. The number of nitrogens with one attached hydrogen (secondary N) is 1. The van der Waals surface area contributed by atoms with E-state index in [0.717, 1.165) is 36.6 Å². The first-order valence-corrected chi connectivity index (χ1v) is 7.81. The third-order valence-corrected chi connectivity index (χ3v) is 3.66. The molecular weight excluding hydrogens is 280 g/mol. The molecule has 1 saturated heterocycles. The van der Waals surface area contributed by atoms with Crippen molar-refractivity contribution in [1.29, 1.82) is 0 Å². The van der Waals surface area contributed by atoms with Crippen LogP contribution < -0.4 is 10.1 Å². The van der Waals surface area contributed by atoms with Gasteiger partial charge in [0.1, 0.15) is 5.75 Å². The van der Waals surface area contributed by atoms with Crippen LogP contribution in [0.2, 0.25) is 0 Å². The van der Waals surface area contributed by atoms with Gasteiger partial charge in [0.15, 0.2) is 0 Å². The van der Waals surface area contributed by atoms with E-state index in [2.05, 4.69) is 23.3 Å². The number of benzene rings is 1. The summed E-state index contributed by atoms with van der Waals surface area (Å²) < 4.78 is 11.3. The molecule has 5 heteroatoms. The second-order valence-electron chi connectivity index (χ2n) is 5.98. The zero-order valence-electron chi connectivity index (χ0n) is 13.7. The Kier molecular flexibility index (Phi) is 6.21. The molecule has 1 aliphatic rings. The van der Waals surface area contributed by atoms with Gasteiger partial charge in [-0.05, 0) is 44.2 Å². The van der Waals surface area contributed by atoms with Gasteiger partial charge in [0, 0.05) is 19.6 Å². The lowest BCUT2D eigenvalue weighted by Crippen LogP contribution is -2.46. The SMILES string of the molecule is Cc1cc(C)cc(OCCC(=O)NC[C@H]2CN(C)CCO2)c1. The third-order valence-electron chi connectivity index (χ3n) is 3.66. The average Bonchev–Trinajstić information content (AvgIpc) is 2.44. The zero-order chi connectivity index (χ0) is 15.9. The number of rotatable bonds is 6. The summed E-state index contributed by atoms with van der Waals surface area (Å²) in [6.45, 7) is 7.56. The Morgan fingerprint density at radius 1 is 1.36 bits per heavy atom. The standard InChI is InChI=1S/C17H26N2O3/c1-13-8-14(2)10-15(9-13)21-6-4-17(20)18-11-16-12-19(3)5-7-22-16/h8-10,16H,4-7,11-12H2,1-3H3,(H,18,20)/t16-/m0/s1. The van der Waals surface area contributed by atoms with E-state index >= 15 is 0 Å². The van der Waals surface area contributed by atoms with Crippen LogP contribution in [0.4, 0.5) is 0 Å². The van der Waals surface area contributed by atoms with Crippen LogP contribution in [0.15, 0.2) is 18.2 Å². The minimum Gasteiger partial charge on any atom is -0.493 e. The molecule has 1 atom stereocenters. The van der Waals surface area contributed by atoms with E-state index in [1.54, 1.807) is 0 Å². The molecule has 0 aromatic heterocycles. The number of carbonyl (C=O) groups excluding carboxylic acids is 1. The molecule has 0 spiro atoms. The second kappa shape index (κ2) is 8.15. The van der Waals surface area contributed by atoms with Crippen LogP contribution in [-0.2, 0) is 9.53 Å². The van der Waals surface area contributed by atoms with Crippen LogP contribution in [-0.4, -0.2) is 56.8 Å². The van der Waals surface area contributed by atoms with Crippen molar-refractivity contribution < 1.29 is 14.3 Å². The van der Waals surface area contributed by atoms with E-state index in [0.29, 0.717) is 19.6 Å². The number of amides is 1. The van der Waals surface area contributed by atoms with Crippen LogP contribution in [0.3, 0.4) is 0 Å². The molecule has 0 saturated carbocycles. The topological polar surface area (TPSA) is 50.8 Å². The molecule has 1 aromatic carbocycles. The molecule has 122 valence electrons. The van der Waals surface area contributed by atoms with Gasteiger partial charge in [-0.3, -0.25) is 4.79 Å². The van der Waals surface area contributed by atoms with Crippen molar-refractivity contribution in [3.63, 3.8) is 0 Å². The monoisotopic (exact) mass is 306 g/mol. The first-order valence-electron chi connectivity index (χ1n) is 7.81. The van der Waals surface area contributed by atoms with Crippen molar-refractivity contribution in [2.24, 2.45) is 0 Å². The first-order chi connectivity index (χ1) is 10.5. The summed E-state index contributed by atoms with van der Waals surface area (Å²) in [6, 6.07) is 6.06. The van der Waals surface area contributed by atoms with Gasteiger partial charge in [0.2, 0.25) is 5.91 Å². The summed E-state index contributed by atoms with van der Waals surface area (Å²) in [5.41, 5.74) is 2.33. The maximum Gasteiger partial charge on any atom is 0.223 e. The summed E-state index contributed by atoms with van der Waals surface area (Å²) in [4.78, 5) is 14.0. The first kappa shape index (κ1) is 16.8. The van der Waals surface area contributed by atoms with Gasteiger partial charge < -0.3 is 19.7 Å². The number of hydrogen-bond acceptors (Lipinski definition) is 4. The highest BCUT2D eigenvalue weighted by Gasteiger charge is 2.18. The van der Waals surface area contributed by atoms with Gasteiger partial charge in [-0.1, -0.05) is 6.07 Å². The quantitative estimate of drug-likeness (QED) is 0.866. The highest BCUT2D eigenvalue weighted by atomic mass is 16.5. The van der Waals surface area contributed by atoms with Gasteiger partial charge in [0.05, 0.1) is 25.7 Å².